The molecule has 0 amide bonds. The number of anilines is 1. The molecule has 0 saturated carbocycles. The van der Waals surface area contributed by atoms with E-state index in [4.69, 9.17) is 21.2 Å². The average Bonchev–Trinajstić information content (AvgIpc) is 1.91. The molecular weight excluding hydrogens is 172 g/mol. The summed E-state index contributed by atoms with van der Waals surface area (Å²) in [4.78, 5) is 0. The van der Waals surface area contributed by atoms with Gasteiger partial charge < -0.3 is 5.73 Å². The van der Waals surface area contributed by atoms with Crippen LogP contribution in [0.4, 0.5) is 5.69 Å². The van der Waals surface area contributed by atoms with Crippen molar-refractivity contribution in [2.75, 3.05) is 5.73 Å². The van der Waals surface area contributed by atoms with E-state index < -0.39 is 10.6 Å². The molecule has 1 aromatic carbocycles. The molecule has 0 bridgehead atoms. The Labute approximate surface area is 73.6 Å². The van der Waals surface area contributed by atoms with Crippen LogP contribution in [-0.2, 0) is 5.75 Å². The molecule has 0 unspecified atom stereocenters. The summed E-state index contributed by atoms with van der Waals surface area (Å²) in [5.41, 5.74) is 7.25. The van der Waals surface area contributed by atoms with Gasteiger partial charge in [-0.05, 0) is 17.7 Å². The quantitative estimate of drug-likeness (QED) is 0.495. The summed E-state index contributed by atoms with van der Waals surface area (Å²) in [5.74, 6) is 0.521. The first-order valence-corrected chi connectivity index (χ1v) is 5.45. The van der Waals surface area contributed by atoms with Crippen molar-refractivity contribution in [1.82, 2.24) is 0 Å². The molecule has 0 radical (unpaired) electrons. The van der Waals surface area contributed by atoms with E-state index in [0.29, 0.717) is 5.75 Å². The van der Waals surface area contributed by atoms with Crippen molar-refractivity contribution in [2.45, 2.75) is 5.75 Å². The Morgan fingerprint density at radius 1 is 1.00 bits per heavy atom. The van der Waals surface area contributed by atoms with Crippen LogP contribution in [0.25, 0.3) is 0 Å². The van der Waals surface area contributed by atoms with Crippen LogP contribution >= 0.6 is 10.6 Å². The van der Waals surface area contributed by atoms with Crippen LogP contribution in [0, 0.1) is 0 Å². The maximum atomic E-state index is 5.51. The van der Waals surface area contributed by atoms with E-state index in [1.165, 1.54) is 0 Å². The van der Waals surface area contributed by atoms with Gasteiger partial charge in [0.05, 0.1) is 0 Å². The predicted octanol–water partition coefficient (Wildman–Crippen LogP) is 0.195. The standard InChI is InChI=1S/C7H14N4S/c8-7-3-1-6(2-4-7)5-12(9,10)11/h1-4H,5,8-11H2. The van der Waals surface area contributed by atoms with Crippen molar-refractivity contribution in [3.8, 4) is 0 Å². The van der Waals surface area contributed by atoms with Crippen LogP contribution < -0.4 is 21.2 Å². The first kappa shape index (κ1) is 9.34. The maximum absolute atomic E-state index is 5.51. The molecule has 0 aliphatic carbocycles. The van der Waals surface area contributed by atoms with Gasteiger partial charge in [0.2, 0.25) is 0 Å². The lowest BCUT2D eigenvalue weighted by Crippen LogP contribution is -2.29. The molecule has 0 atom stereocenters. The Morgan fingerprint density at radius 2 is 1.50 bits per heavy atom. The fraction of sp³-hybridized carbons (Fsp3) is 0.143. The number of nitrogen functional groups attached to an aromatic ring is 1. The molecule has 0 aliphatic rings. The van der Waals surface area contributed by atoms with E-state index in [0.717, 1.165) is 11.3 Å². The van der Waals surface area contributed by atoms with E-state index in [2.05, 4.69) is 0 Å². The maximum Gasteiger partial charge on any atom is 0.0387 e. The molecule has 0 spiro atoms. The Kier molecular flexibility index (Phi) is 2.58. The molecule has 0 fully saturated rings. The Morgan fingerprint density at radius 3 is 1.92 bits per heavy atom. The van der Waals surface area contributed by atoms with Gasteiger partial charge in [-0.1, -0.05) is 22.7 Å². The highest BCUT2D eigenvalue weighted by atomic mass is 32.3. The summed E-state index contributed by atoms with van der Waals surface area (Å²) >= 11 is 0. The Balaban J connectivity index is 2.71. The van der Waals surface area contributed by atoms with Gasteiger partial charge in [0.25, 0.3) is 0 Å². The molecule has 8 N–H and O–H groups in total. The Hall–Kier alpha value is -0.750. The Bertz CT molecular complexity index is 251. The summed E-state index contributed by atoms with van der Waals surface area (Å²) in [5, 5.41) is 16.5. The number of rotatable bonds is 2. The van der Waals surface area contributed by atoms with Crippen LogP contribution in [0.5, 0.6) is 0 Å². The summed E-state index contributed by atoms with van der Waals surface area (Å²) in [7, 11) is -1.93. The zero-order chi connectivity index (χ0) is 9.19. The number of hydrogen-bond donors (Lipinski definition) is 4. The van der Waals surface area contributed by atoms with Gasteiger partial charge in [-0.15, -0.1) is 0 Å². The fourth-order valence-corrected chi connectivity index (χ4v) is 1.67. The lowest BCUT2D eigenvalue weighted by atomic mass is 10.2. The summed E-state index contributed by atoms with van der Waals surface area (Å²) in [6, 6.07) is 7.37. The largest absolute Gasteiger partial charge is 0.399 e. The zero-order valence-electron chi connectivity index (χ0n) is 6.73. The zero-order valence-corrected chi connectivity index (χ0v) is 7.55. The van der Waals surface area contributed by atoms with Crippen LogP contribution in [0.3, 0.4) is 0 Å². The van der Waals surface area contributed by atoms with Gasteiger partial charge in [-0.25, -0.2) is 0 Å². The van der Waals surface area contributed by atoms with E-state index in [-0.39, 0.29) is 0 Å². The van der Waals surface area contributed by atoms with E-state index in [1.807, 2.05) is 12.1 Å². The molecule has 4 nitrogen and oxygen atoms in total. The number of hydrogen-bond acceptors (Lipinski definition) is 4. The van der Waals surface area contributed by atoms with Gasteiger partial charge >= 0.3 is 0 Å². The van der Waals surface area contributed by atoms with Gasteiger partial charge in [-0.3, -0.25) is 15.4 Å². The van der Waals surface area contributed by atoms with Gasteiger partial charge in [0.1, 0.15) is 0 Å². The smallest absolute Gasteiger partial charge is 0.0387 e. The van der Waals surface area contributed by atoms with Crippen molar-refractivity contribution in [3.05, 3.63) is 29.8 Å². The van der Waals surface area contributed by atoms with Crippen LogP contribution in [0.15, 0.2) is 24.3 Å². The normalized spacial score (nSPS) is 12.9. The minimum absolute atomic E-state index is 0.521. The van der Waals surface area contributed by atoms with Crippen molar-refractivity contribution < 1.29 is 0 Å². The monoisotopic (exact) mass is 186 g/mol. The molecule has 12 heavy (non-hydrogen) atoms. The molecule has 1 rings (SSSR count). The molecular formula is C7H14N4S. The fourth-order valence-electron chi connectivity index (χ4n) is 0.903. The van der Waals surface area contributed by atoms with Crippen molar-refractivity contribution in [3.63, 3.8) is 0 Å². The van der Waals surface area contributed by atoms with Gasteiger partial charge in [-0.2, -0.15) is 0 Å². The third-order valence-corrected chi connectivity index (χ3v) is 2.23. The van der Waals surface area contributed by atoms with Crippen molar-refractivity contribution >= 4 is 16.3 Å². The highest BCUT2D eigenvalue weighted by Gasteiger charge is 2.05. The van der Waals surface area contributed by atoms with Gasteiger partial charge in [0.15, 0.2) is 0 Å². The van der Waals surface area contributed by atoms with E-state index in [1.54, 1.807) is 12.1 Å². The molecule has 0 saturated heterocycles. The van der Waals surface area contributed by atoms with E-state index in [9.17, 15) is 0 Å². The van der Waals surface area contributed by atoms with E-state index >= 15 is 0 Å². The first-order valence-electron chi connectivity index (χ1n) is 3.46. The van der Waals surface area contributed by atoms with Crippen LogP contribution in [-0.4, -0.2) is 0 Å². The third-order valence-electron chi connectivity index (χ3n) is 1.40. The average molecular weight is 186 g/mol. The molecule has 68 valence electrons. The minimum Gasteiger partial charge on any atom is -0.399 e. The van der Waals surface area contributed by atoms with Crippen molar-refractivity contribution in [2.24, 2.45) is 15.4 Å². The third kappa shape index (κ3) is 3.10. The molecule has 0 aliphatic heterocycles. The number of benzene rings is 1. The lowest BCUT2D eigenvalue weighted by Gasteiger charge is -2.24. The molecule has 1 aromatic rings. The predicted molar refractivity (Wildman–Crippen MR) is 54.7 cm³/mol. The minimum atomic E-state index is -1.93. The molecule has 5 heteroatoms. The van der Waals surface area contributed by atoms with Gasteiger partial charge in [0, 0.05) is 11.4 Å². The van der Waals surface area contributed by atoms with Crippen molar-refractivity contribution in [1.29, 1.82) is 0 Å². The second-order valence-electron chi connectivity index (χ2n) is 2.79. The molecule has 0 heterocycles. The second kappa shape index (κ2) is 3.32. The number of nitrogens with two attached hydrogens (primary N) is 4. The summed E-state index contributed by atoms with van der Waals surface area (Å²) in [6.07, 6.45) is 0. The highest BCUT2D eigenvalue weighted by molar-refractivity contribution is 8.27. The van der Waals surface area contributed by atoms with Crippen LogP contribution in [0.2, 0.25) is 0 Å². The summed E-state index contributed by atoms with van der Waals surface area (Å²) < 4.78 is 0. The van der Waals surface area contributed by atoms with Crippen LogP contribution in [0.1, 0.15) is 5.56 Å². The second-order valence-corrected chi connectivity index (χ2v) is 4.90. The summed E-state index contributed by atoms with van der Waals surface area (Å²) in [6.45, 7) is 0. The molecule has 0 aromatic heterocycles. The first-order chi connectivity index (χ1) is 5.47. The topological polar surface area (TPSA) is 104 Å². The highest BCUT2D eigenvalue weighted by Crippen LogP contribution is 2.25. The SMILES string of the molecule is Nc1ccc(CS(N)(N)N)cc1. The lowest BCUT2D eigenvalue weighted by molar-refractivity contribution is 1.36.